The van der Waals surface area contributed by atoms with Crippen LogP contribution in [0.15, 0.2) is 54.6 Å². The van der Waals surface area contributed by atoms with Gasteiger partial charge in [0.15, 0.2) is 0 Å². The molecule has 0 saturated heterocycles. The first kappa shape index (κ1) is 17.6. The van der Waals surface area contributed by atoms with Gasteiger partial charge in [-0.15, -0.1) is 0 Å². The van der Waals surface area contributed by atoms with Crippen molar-refractivity contribution in [2.45, 2.75) is 26.4 Å². The summed E-state index contributed by atoms with van der Waals surface area (Å²) in [4.78, 5) is 11.4. The molecule has 2 rings (SSSR count). The van der Waals surface area contributed by atoms with Crippen molar-refractivity contribution < 1.29 is 40.2 Å². The summed E-state index contributed by atoms with van der Waals surface area (Å²) in [6.45, 7) is 5.19. The van der Waals surface area contributed by atoms with Gasteiger partial charge in [-0.05, 0) is 0 Å². The topological polar surface area (TPSA) is 44.8 Å². The van der Waals surface area contributed by atoms with Crippen molar-refractivity contribution in [1.29, 1.82) is 0 Å². The quantitative estimate of drug-likeness (QED) is 0.408. The molecule has 0 fully saturated rings. The first-order valence-electron chi connectivity index (χ1n) is 7.21. The molecular formula is C18H20IO4-. The van der Waals surface area contributed by atoms with E-state index in [1.54, 1.807) is 20.8 Å². The molecule has 0 spiro atoms. The van der Waals surface area contributed by atoms with Gasteiger partial charge in [0, 0.05) is 0 Å². The predicted molar refractivity (Wildman–Crippen MR) is 83.1 cm³/mol. The van der Waals surface area contributed by atoms with Gasteiger partial charge in [0.1, 0.15) is 0 Å². The molecule has 0 aromatic heterocycles. The van der Waals surface area contributed by atoms with Gasteiger partial charge < -0.3 is 0 Å². The fraction of sp³-hybridized carbons (Fsp3) is 0.278. The molecule has 0 bridgehead atoms. The van der Waals surface area contributed by atoms with Gasteiger partial charge in [-0.3, -0.25) is 0 Å². The number of rotatable bonds is 5. The van der Waals surface area contributed by atoms with Gasteiger partial charge in [-0.1, -0.05) is 0 Å². The van der Waals surface area contributed by atoms with Crippen LogP contribution in [0.25, 0.3) is 0 Å². The van der Waals surface area contributed by atoms with Gasteiger partial charge in [0.25, 0.3) is 0 Å². The van der Waals surface area contributed by atoms with Crippen molar-refractivity contribution in [3.63, 3.8) is 0 Å². The van der Waals surface area contributed by atoms with E-state index < -0.39 is 11.8 Å². The molecule has 2 aromatic carbocycles. The van der Waals surface area contributed by atoms with Gasteiger partial charge in [-0.25, -0.2) is 0 Å². The summed E-state index contributed by atoms with van der Waals surface area (Å²) in [6.07, 6.45) is -0.731. The minimum absolute atomic E-state index is 0.165. The van der Waals surface area contributed by atoms with Gasteiger partial charge in [0.05, 0.1) is 0 Å². The van der Waals surface area contributed by atoms with E-state index in [0.717, 1.165) is 0 Å². The summed E-state index contributed by atoms with van der Waals surface area (Å²) in [7, 11) is 0. The third kappa shape index (κ3) is 6.90. The Kier molecular flexibility index (Phi) is 6.27. The average molecular weight is 427 g/mol. The standard InChI is InChI=1S/C18H20IO4/c1-18(2,3)23-17(20)22-13-21-16-11-7-10-15(12-16)19-14-8-5-4-6-9-14/h4-12H,13H2,1-3H3/q-1. The van der Waals surface area contributed by atoms with E-state index in [4.69, 9.17) is 14.2 Å². The molecule has 0 N–H and O–H groups in total. The Morgan fingerprint density at radius 3 is 2.39 bits per heavy atom. The van der Waals surface area contributed by atoms with Gasteiger partial charge in [-0.2, -0.15) is 0 Å². The zero-order valence-electron chi connectivity index (χ0n) is 13.4. The van der Waals surface area contributed by atoms with Crippen LogP contribution in [0, 0.1) is 7.14 Å². The molecule has 2 aromatic rings. The molecule has 23 heavy (non-hydrogen) atoms. The number of carbonyl (C=O) groups excluding carboxylic acids is 1. The average Bonchev–Trinajstić information content (AvgIpc) is 2.47. The Morgan fingerprint density at radius 2 is 1.70 bits per heavy atom. The van der Waals surface area contributed by atoms with Crippen molar-refractivity contribution in [3.05, 3.63) is 61.7 Å². The van der Waals surface area contributed by atoms with Crippen LogP contribution in [-0.4, -0.2) is 18.5 Å². The zero-order chi connectivity index (χ0) is 16.7. The number of halogens is 1. The first-order chi connectivity index (χ1) is 10.9. The van der Waals surface area contributed by atoms with Crippen LogP contribution >= 0.6 is 0 Å². The number of carbonyl (C=O) groups is 1. The fourth-order valence-electron chi connectivity index (χ4n) is 1.64. The molecule has 0 unspecified atom stereocenters. The van der Waals surface area contributed by atoms with E-state index in [1.807, 2.05) is 36.4 Å². The molecule has 0 amide bonds. The summed E-state index contributed by atoms with van der Waals surface area (Å²) in [5.41, 5.74) is -0.572. The second-order valence-corrected chi connectivity index (χ2v) is 8.75. The van der Waals surface area contributed by atoms with Crippen molar-refractivity contribution in [2.75, 3.05) is 6.79 Å². The monoisotopic (exact) mass is 427 g/mol. The summed E-state index contributed by atoms with van der Waals surface area (Å²) in [6, 6.07) is 18.2. The van der Waals surface area contributed by atoms with Crippen molar-refractivity contribution in [2.24, 2.45) is 0 Å². The normalized spacial score (nSPS) is 11.1. The predicted octanol–water partition coefficient (Wildman–Crippen LogP) is 1.10. The van der Waals surface area contributed by atoms with Crippen LogP contribution in [0.2, 0.25) is 0 Å². The summed E-state index contributed by atoms with van der Waals surface area (Å²) < 4.78 is 18.0. The number of hydrogen-bond donors (Lipinski definition) is 0. The van der Waals surface area contributed by atoms with E-state index in [2.05, 4.69) is 18.2 Å². The fourth-order valence-corrected chi connectivity index (χ4v) is 3.99. The molecule has 0 aliphatic rings. The van der Waals surface area contributed by atoms with Crippen LogP contribution in [0.4, 0.5) is 4.79 Å². The zero-order valence-corrected chi connectivity index (χ0v) is 15.6. The van der Waals surface area contributed by atoms with Crippen LogP contribution in [0.1, 0.15) is 20.8 Å². The SMILES string of the molecule is CC(C)(C)OC(=O)OCOc1cccc([I-]c2ccccc2)c1. The Hall–Kier alpha value is -1.76. The molecule has 124 valence electrons. The molecular weight excluding hydrogens is 407 g/mol. The summed E-state index contributed by atoms with van der Waals surface area (Å²) in [5, 5.41) is 0. The van der Waals surface area contributed by atoms with Crippen molar-refractivity contribution >= 4 is 6.16 Å². The third-order valence-electron chi connectivity index (χ3n) is 2.54. The molecule has 0 heterocycles. The van der Waals surface area contributed by atoms with Gasteiger partial charge >= 0.3 is 147 Å². The summed E-state index contributed by atoms with van der Waals surface area (Å²) in [5.74, 6) is 0.682. The van der Waals surface area contributed by atoms with E-state index >= 15 is 0 Å². The van der Waals surface area contributed by atoms with Gasteiger partial charge in [0.2, 0.25) is 0 Å². The molecule has 5 heteroatoms. The van der Waals surface area contributed by atoms with Crippen LogP contribution in [0.3, 0.4) is 0 Å². The van der Waals surface area contributed by atoms with E-state index in [1.165, 1.54) is 7.14 Å². The number of ether oxygens (including phenoxy) is 3. The van der Waals surface area contributed by atoms with Crippen LogP contribution in [0.5, 0.6) is 5.75 Å². The minimum atomic E-state index is -0.731. The number of benzene rings is 2. The Bertz CT molecular complexity index is 635. The van der Waals surface area contributed by atoms with Crippen molar-refractivity contribution in [3.8, 4) is 5.75 Å². The Balaban J connectivity index is 1.84. The van der Waals surface area contributed by atoms with E-state index in [0.29, 0.717) is 5.75 Å². The second kappa shape index (κ2) is 8.19. The molecule has 0 saturated carbocycles. The van der Waals surface area contributed by atoms with Crippen LogP contribution in [-0.2, 0) is 9.47 Å². The maximum atomic E-state index is 11.4. The first-order valence-corrected chi connectivity index (χ1v) is 9.37. The third-order valence-corrected chi connectivity index (χ3v) is 5.18. The van der Waals surface area contributed by atoms with Crippen molar-refractivity contribution in [1.82, 2.24) is 0 Å². The summed E-state index contributed by atoms with van der Waals surface area (Å²) >= 11 is -0.248. The maximum absolute atomic E-state index is 11.4. The Morgan fingerprint density at radius 1 is 1.00 bits per heavy atom. The number of hydrogen-bond acceptors (Lipinski definition) is 4. The molecule has 0 atom stereocenters. The molecule has 0 aliphatic heterocycles. The molecule has 0 aliphatic carbocycles. The van der Waals surface area contributed by atoms with Crippen LogP contribution < -0.4 is 25.9 Å². The van der Waals surface area contributed by atoms with E-state index in [9.17, 15) is 4.79 Å². The Labute approximate surface area is 147 Å². The van der Waals surface area contributed by atoms with E-state index in [-0.39, 0.29) is 28.0 Å². The molecule has 0 radical (unpaired) electrons. The molecule has 4 nitrogen and oxygen atoms in total. The second-order valence-electron chi connectivity index (χ2n) is 5.72.